The van der Waals surface area contributed by atoms with Crippen LogP contribution in [-0.4, -0.2) is 29.6 Å². The summed E-state index contributed by atoms with van der Waals surface area (Å²) in [7, 11) is 0. The molecule has 0 aliphatic carbocycles. The summed E-state index contributed by atoms with van der Waals surface area (Å²) >= 11 is 0. The molecule has 0 aromatic rings. The van der Waals surface area contributed by atoms with Crippen LogP contribution in [0.2, 0.25) is 0 Å². The van der Waals surface area contributed by atoms with Crippen LogP contribution in [0.4, 0.5) is 0 Å². The van der Waals surface area contributed by atoms with Gasteiger partial charge >= 0.3 is 0 Å². The molecule has 2 unspecified atom stereocenters. The highest BCUT2D eigenvalue weighted by Crippen LogP contribution is 2.25. The maximum Gasteiger partial charge on any atom is 0.0171 e. The molecule has 0 aromatic heterocycles. The first-order chi connectivity index (χ1) is 5.95. The van der Waals surface area contributed by atoms with Gasteiger partial charge in [0, 0.05) is 24.7 Å². The van der Waals surface area contributed by atoms with Crippen LogP contribution in [0.25, 0.3) is 0 Å². The molecule has 2 N–H and O–H groups in total. The largest absolute Gasteiger partial charge is 0.327 e. The number of hydrogen-bond donors (Lipinski definition) is 1. The molecule has 78 valence electrons. The Morgan fingerprint density at radius 3 is 2.46 bits per heavy atom. The predicted octanol–water partition coefficient (Wildman–Crippen LogP) is 1.84. The molecule has 1 aliphatic heterocycles. The predicted molar refractivity (Wildman–Crippen MR) is 57.7 cm³/mol. The zero-order valence-corrected chi connectivity index (χ0v) is 9.51. The number of likely N-dealkylation sites (tertiary alicyclic amines) is 1. The van der Waals surface area contributed by atoms with Crippen LogP contribution < -0.4 is 5.73 Å². The summed E-state index contributed by atoms with van der Waals surface area (Å²) in [6.45, 7) is 11.5. The molecule has 0 spiro atoms. The van der Waals surface area contributed by atoms with E-state index in [0.717, 1.165) is 12.5 Å². The van der Waals surface area contributed by atoms with E-state index in [1.165, 1.54) is 19.4 Å². The molecule has 0 bridgehead atoms. The minimum atomic E-state index is 0.326. The van der Waals surface area contributed by atoms with Crippen molar-refractivity contribution >= 4 is 0 Å². The molecule has 2 heteroatoms. The van der Waals surface area contributed by atoms with E-state index in [9.17, 15) is 0 Å². The molecular formula is C11H24N2. The second kappa shape index (κ2) is 3.97. The Balaban J connectivity index is 2.59. The molecule has 13 heavy (non-hydrogen) atoms. The molecule has 2 atom stereocenters. The number of piperidine rings is 1. The number of hydrogen-bond acceptors (Lipinski definition) is 2. The van der Waals surface area contributed by atoms with Gasteiger partial charge in [-0.1, -0.05) is 13.8 Å². The quantitative estimate of drug-likeness (QED) is 0.709. The highest BCUT2D eigenvalue weighted by molar-refractivity contribution is 4.88. The zero-order valence-electron chi connectivity index (χ0n) is 9.51. The number of nitrogens with zero attached hydrogens (tertiary/aromatic N) is 1. The first-order valence-electron chi connectivity index (χ1n) is 5.46. The van der Waals surface area contributed by atoms with Crippen LogP contribution in [-0.2, 0) is 0 Å². The molecule has 0 radical (unpaired) electrons. The van der Waals surface area contributed by atoms with Gasteiger partial charge in [-0.25, -0.2) is 0 Å². The molecular weight excluding hydrogens is 160 g/mol. The molecule has 0 amide bonds. The van der Waals surface area contributed by atoms with Crippen LogP contribution in [0.3, 0.4) is 0 Å². The van der Waals surface area contributed by atoms with E-state index < -0.39 is 0 Å². The standard InChI is InChI=1S/C11H24N2/c1-5-11(3,4)13-7-9(2)6-10(12)8-13/h9-10H,5-8,12H2,1-4H3. The summed E-state index contributed by atoms with van der Waals surface area (Å²) in [6, 6.07) is 0.384. The van der Waals surface area contributed by atoms with E-state index in [1.807, 2.05) is 0 Å². The Kier molecular flexibility index (Phi) is 3.36. The Morgan fingerprint density at radius 2 is 2.00 bits per heavy atom. The Morgan fingerprint density at radius 1 is 1.38 bits per heavy atom. The molecule has 1 saturated heterocycles. The van der Waals surface area contributed by atoms with Gasteiger partial charge < -0.3 is 5.73 Å². The minimum Gasteiger partial charge on any atom is -0.327 e. The van der Waals surface area contributed by atoms with E-state index in [1.54, 1.807) is 0 Å². The van der Waals surface area contributed by atoms with Crippen LogP contribution in [0.1, 0.15) is 40.5 Å². The van der Waals surface area contributed by atoms with Crippen LogP contribution in [0, 0.1) is 5.92 Å². The van der Waals surface area contributed by atoms with Crippen LogP contribution in [0.15, 0.2) is 0 Å². The normalized spacial score (nSPS) is 32.1. The zero-order chi connectivity index (χ0) is 10.1. The Hall–Kier alpha value is -0.0800. The highest BCUT2D eigenvalue weighted by Gasteiger charge is 2.31. The van der Waals surface area contributed by atoms with Gasteiger partial charge in [0.15, 0.2) is 0 Å². The van der Waals surface area contributed by atoms with Gasteiger partial charge in [0.05, 0.1) is 0 Å². The molecule has 0 saturated carbocycles. The monoisotopic (exact) mass is 184 g/mol. The van der Waals surface area contributed by atoms with Gasteiger partial charge in [-0.05, 0) is 32.6 Å². The second-order valence-corrected chi connectivity index (χ2v) is 5.17. The van der Waals surface area contributed by atoms with Crippen molar-refractivity contribution in [2.45, 2.75) is 52.1 Å². The SMILES string of the molecule is CCC(C)(C)N1CC(C)CC(N)C1. The van der Waals surface area contributed by atoms with E-state index in [0.29, 0.717) is 11.6 Å². The lowest BCUT2D eigenvalue weighted by Gasteiger charge is -2.44. The summed E-state index contributed by atoms with van der Waals surface area (Å²) in [5.41, 5.74) is 6.35. The lowest BCUT2D eigenvalue weighted by molar-refractivity contribution is 0.0586. The lowest BCUT2D eigenvalue weighted by atomic mass is 9.90. The first kappa shape index (κ1) is 11.0. The maximum atomic E-state index is 6.03. The third-order valence-electron chi connectivity index (χ3n) is 3.41. The maximum absolute atomic E-state index is 6.03. The average molecular weight is 184 g/mol. The molecule has 0 aromatic carbocycles. The third kappa shape index (κ3) is 2.68. The van der Waals surface area contributed by atoms with Crippen molar-refractivity contribution in [2.75, 3.05) is 13.1 Å². The van der Waals surface area contributed by atoms with Gasteiger partial charge in [-0.15, -0.1) is 0 Å². The van der Waals surface area contributed by atoms with Gasteiger partial charge in [-0.3, -0.25) is 4.90 Å². The molecule has 1 rings (SSSR count). The summed E-state index contributed by atoms with van der Waals surface area (Å²) in [4.78, 5) is 2.55. The molecule has 1 fully saturated rings. The van der Waals surface area contributed by atoms with Crippen molar-refractivity contribution in [2.24, 2.45) is 11.7 Å². The van der Waals surface area contributed by atoms with E-state index >= 15 is 0 Å². The van der Waals surface area contributed by atoms with Gasteiger partial charge in [0.2, 0.25) is 0 Å². The fourth-order valence-electron chi connectivity index (χ4n) is 2.12. The lowest BCUT2D eigenvalue weighted by Crippen LogP contribution is -2.54. The topological polar surface area (TPSA) is 29.3 Å². The average Bonchev–Trinajstić information content (AvgIpc) is 2.02. The van der Waals surface area contributed by atoms with Crippen LogP contribution >= 0.6 is 0 Å². The van der Waals surface area contributed by atoms with Crippen molar-refractivity contribution in [1.29, 1.82) is 0 Å². The second-order valence-electron chi connectivity index (χ2n) is 5.17. The molecule has 2 nitrogen and oxygen atoms in total. The molecule has 1 aliphatic rings. The Bertz CT molecular complexity index is 155. The van der Waals surface area contributed by atoms with Crippen molar-refractivity contribution in [3.05, 3.63) is 0 Å². The molecule has 1 heterocycles. The summed E-state index contributed by atoms with van der Waals surface area (Å²) in [6.07, 6.45) is 2.39. The van der Waals surface area contributed by atoms with Crippen LogP contribution in [0.5, 0.6) is 0 Å². The smallest absolute Gasteiger partial charge is 0.0171 e. The van der Waals surface area contributed by atoms with E-state index in [-0.39, 0.29) is 0 Å². The van der Waals surface area contributed by atoms with Gasteiger partial charge in [0.1, 0.15) is 0 Å². The fraction of sp³-hybridized carbons (Fsp3) is 1.00. The van der Waals surface area contributed by atoms with Gasteiger partial charge in [-0.2, -0.15) is 0 Å². The number of rotatable bonds is 2. The fourth-order valence-corrected chi connectivity index (χ4v) is 2.12. The number of nitrogens with two attached hydrogens (primary N) is 1. The minimum absolute atomic E-state index is 0.326. The summed E-state index contributed by atoms with van der Waals surface area (Å²) in [5.74, 6) is 0.759. The van der Waals surface area contributed by atoms with Crippen molar-refractivity contribution in [3.8, 4) is 0 Å². The summed E-state index contributed by atoms with van der Waals surface area (Å²) in [5, 5.41) is 0. The third-order valence-corrected chi connectivity index (χ3v) is 3.41. The van der Waals surface area contributed by atoms with Crippen molar-refractivity contribution in [1.82, 2.24) is 4.90 Å². The summed E-state index contributed by atoms with van der Waals surface area (Å²) < 4.78 is 0. The first-order valence-corrected chi connectivity index (χ1v) is 5.46. The van der Waals surface area contributed by atoms with E-state index in [2.05, 4.69) is 32.6 Å². The van der Waals surface area contributed by atoms with Crippen molar-refractivity contribution < 1.29 is 0 Å². The van der Waals surface area contributed by atoms with Crippen molar-refractivity contribution in [3.63, 3.8) is 0 Å². The van der Waals surface area contributed by atoms with Gasteiger partial charge in [0.25, 0.3) is 0 Å². The Labute approximate surface area is 82.5 Å². The highest BCUT2D eigenvalue weighted by atomic mass is 15.2. The van der Waals surface area contributed by atoms with E-state index in [4.69, 9.17) is 5.73 Å².